The van der Waals surface area contributed by atoms with Crippen LogP contribution in [0.15, 0.2) is 24.4 Å². The number of aromatic amines is 1. The van der Waals surface area contributed by atoms with Crippen LogP contribution in [-0.4, -0.2) is 16.1 Å². The van der Waals surface area contributed by atoms with Crippen LogP contribution in [-0.2, 0) is 0 Å². The van der Waals surface area contributed by atoms with E-state index >= 15 is 0 Å². The van der Waals surface area contributed by atoms with E-state index in [1.807, 2.05) is 0 Å². The molecule has 60 valence electrons. The molecule has 3 N–H and O–H groups in total. The van der Waals surface area contributed by atoms with Crippen LogP contribution >= 0.6 is 0 Å². The van der Waals surface area contributed by atoms with Crippen LogP contribution < -0.4 is 5.73 Å². The number of aromatic nitrogens is 2. The van der Waals surface area contributed by atoms with Gasteiger partial charge in [0.1, 0.15) is 5.52 Å². The van der Waals surface area contributed by atoms with Crippen molar-refractivity contribution in [3.63, 3.8) is 0 Å². The molecule has 0 aliphatic carbocycles. The lowest BCUT2D eigenvalue weighted by atomic mass is 10.1. The van der Waals surface area contributed by atoms with E-state index in [4.69, 9.17) is 7.10 Å². The molecule has 0 saturated heterocycles. The Hall–Kier alpha value is -1.84. The van der Waals surface area contributed by atoms with Gasteiger partial charge in [-0.2, -0.15) is 5.10 Å². The highest BCUT2D eigenvalue weighted by atomic mass is 16.1. The average Bonchev–Trinajstić information content (AvgIpc) is 2.48. The second-order valence-corrected chi connectivity index (χ2v) is 2.41. The zero-order valence-electron chi connectivity index (χ0n) is 7.16. The van der Waals surface area contributed by atoms with Crippen LogP contribution in [0.2, 0.25) is 0 Å². The second kappa shape index (κ2) is 2.34. The van der Waals surface area contributed by atoms with Gasteiger partial charge in [-0.1, -0.05) is 12.1 Å². The van der Waals surface area contributed by atoms with Crippen molar-refractivity contribution in [1.82, 2.24) is 10.2 Å². The van der Waals surface area contributed by atoms with Gasteiger partial charge in [-0.3, -0.25) is 9.89 Å². The van der Waals surface area contributed by atoms with Crippen molar-refractivity contribution in [3.8, 4) is 0 Å². The van der Waals surface area contributed by atoms with Gasteiger partial charge in [0.25, 0.3) is 5.91 Å². The third-order valence-electron chi connectivity index (χ3n) is 1.66. The summed E-state index contributed by atoms with van der Waals surface area (Å²) in [6.07, 6.45) is 0.193. The number of nitrogens with zero attached hydrogens (tertiary/aromatic N) is 1. The van der Waals surface area contributed by atoms with Gasteiger partial charge in [-0.25, -0.2) is 0 Å². The molecule has 0 unspecified atom stereocenters. The summed E-state index contributed by atoms with van der Waals surface area (Å²) in [5.41, 5.74) is 5.93. The molecule has 0 bridgehead atoms. The van der Waals surface area contributed by atoms with Crippen molar-refractivity contribution < 1.29 is 6.17 Å². The molecule has 2 aromatic rings. The van der Waals surface area contributed by atoms with E-state index in [1.165, 1.54) is 0 Å². The number of para-hydroxylation sites is 1. The summed E-state index contributed by atoms with van der Waals surface area (Å²) in [4.78, 5) is 10.9. The van der Waals surface area contributed by atoms with E-state index in [-0.39, 0.29) is 6.17 Å². The molecule has 4 nitrogen and oxygen atoms in total. The Morgan fingerprint density at radius 1 is 1.67 bits per heavy atom. The van der Waals surface area contributed by atoms with E-state index in [1.54, 1.807) is 18.2 Å². The number of benzene rings is 1. The van der Waals surface area contributed by atoms with Crippen molar-refractivity contribution in [2.75, 3.05) is 0 Å². The van der Waals surface area contributed by atoms with Gasteiger partial charge in [0.15, 0.2) is 0 Å². The fourth-order valence-electron chi connectivity index (χ4n) is 1.11. The highest BCUT2D eigenvalue weighted by molar-refractivity contribution is 6.04. The van der Waals surface area contributed by atoms with Crippen LogP contribution in [0.4, 0.5) is 0 Å². The monoisotopic (exact) mass is 162 g/mol. The molecule has 0 spiro atoms. The number of rotatable bonds is 1. The first-order chi connectivity index (χ1) is 6.20. The quantitative estimate of drug-likeness (QED) is 0.646. The van der Waals surface area contributed by atoms with Gasteiger partial charge in [0, 0.05) is 11.6 Å². The Morgan fingerprint density at radius 3 is 3.25 bits per heavy atom. The molecule has 12 heavy (non-hydrogen) atoms. The molecule has 0 atom stereocenters. The van der Waals surface area contributed by atoms with E-state index in [0.29, 0.717) is 16.5 Å². The molecule has 1 aromatic carbocycles. The summed E-state index contributed by atoms with van der Waals surface area (Å²) in [7, 11) is 0. The van der Waals surface area contributed by atoms with Crippen molar-refractivity contribution in [3.05, 3.63) is 29.9 Å². The number of H-pyrrole nitrogens is 1. The molecule has 2 rings (SSSR count). The Labute approximate surface area is 69.8 Å². The third-order valence-corrected chi connectivity index (χ3v) is 1.66. The van der Waals surface area contributed by atoms with Gasteiger partial charge in [0.2, 0.25) is 0 Å². The van der Waals surface area contributed by atoms with Gasteiger partial charge in [-0.05, 0) is 6.07 Å². The lowest BCUT2D eigenvalue weighted by molar-refractivity contribution is 0.100. The maximum Gasteiger partial charge on any atom is 0.250 e. The number of fused-ring (bicyclic) bond motifs is 1. The predicted molar refractivity (Wildman–Crippen MR) is 44.6 cm³/mol. The zero-order valence-corrected chi connectivity index (χ0v) is 6.16. The summed E-state index contributed by atoms with van der Waals surface area (Å²) in [5.74, 6) is -0.530. The van der Waals surface area contributed by atoms with Gasteiger partial charge in [-0.15, -0.1) is 0 Å². The molecule has 0 fully saturated rings. The van der Waals surface area contributed by atoms with Crippen LogP contribution in [0.1, 0.15) is 11.7 Å². The molecule has 1 amide bonds. The number of amides is 1. The molecule has 0 aliphatic rings. The Balaban J connectivity index is 2.84. The van der Waals surface area contributed by atoms with Crippen molar-refractivity contribution >= 4 is 16.8 Å². The van der Waals surface area contributed by atoms with E-state index < -0.39 is 5.91 Å². The molecule has 4 heteroatoms. The van der Waals surface area contributed by atoms with E-state index in [9.17, 15) is 4.79 Å². The fraction of sp³-hybridized carbons (Fsp3) is 0. The summed E-state index contributed by atoms with van der Waals surface area (Å²) in [6, 6.07) is 4.98. The molecule has 1 heterocycles. The zero-order chi connectivity index (χ0) is 9.42. The molecule has 0 aliphatic heterocycles. The highest BCUT2D eigenvalue weighted by Crippen LogP contribution is 2.14. The first-order valence-corrected chi connectivity index (χ1v) is 3.43. The second-order valence-electron chi connectivity index (χ2n) is 2.41. The number of primary amides is 1. The standard InChI is InChI=1S/C8H7N3O/c9-8(12)6-3-1-2-5-4-10-11-7(5)6/h1-4H,(H2,9,12)(H,10,11)/i4D. The molecule has 0 saturated carbocycles. The Morgan fingerprint density at radius 2 is 2.50 bits per heavy atom. The number of carbonyl (C=O) groups excluding carboxylic acids is 1. The maximum atomic E-state index is 10.9. The molecular formula is C8H7N3O. The number of carbonyl (C=O) groups is 1. The highest BCUT2D eigenvalue weighted by Gasteiger charge is 2.06. The third kappa shape index (κ3) is 0.852. The lowest BCUT2D eigenvalue weighted by Gasteiger charge is -1.94. The number of nitrogens with two attached hydrogens (primary N) is 1. The minimum Gasteiger partial charge on any atom is -0.366 e. The predicted octanol–water partition coefficient (Wildman–Crippen LogP) is 0.662. The summed E-state index contributed by atoms with van der Waals surface area (Å²) in [5, 5.41) is 6.91. The van der Waals surface area contributed by atoms with Gasteiger partial charge < -0.3 is 5.73 Å². The Bertz CT molecular complexity index is 477. The van der Waals surface area contributed by atoms with Crippen molar-refractivity contribution in [1.29, 1.82) is 0 Å². The largest absolute Gasteiger partial charge is 0.366 e. The first kappa shape index (κ1) is 5.77. The smallest absolute Gasteiger partial charge is 0.250 e. The van der Waals surface area contributed by atoms with Crippen LogP contribution in [0.3, 0.4) is 0 Å². The molecule has 1 aromatic heterocycles. The number of hydrogen-bond acceptors (Lipinski definition) is 2. The van der Waals surface area contributed by atoms with Crippen LogP contribution in [0.5, 0.6) is 0 Å². The minimum absolute atomic E-state index is 0.193. The fourth-order valence-corrected chi connectivity index (χ4v) is 1.11. The lowest BCUT2D eigenvalue weighted by Crippen LogP contribution is -2.11. The summed E-state index contributed by atoms with van der Waals surface area (Å²) >= 11 is 0. The number of nitrogens with one attached hydrogen (secondary N) is 1. The summed E-state index contributed by atoms with van der Waals surface area (Å²) in [6.45, 7) is 0. The normalized spacial score (nSPS) is 11.5. The number of hydrogen-bond donors (Lipinski definition) is 2. The van der Waals surface area contributed by atoms with Crippen LogP contribution in [0.25, 0.3) is 10.9 Å². The topological polar surface area (TPSA) is 71.8 Å². The van der Waals surface area contributed by atoms with E-state index in [0.717, 1.165) is 0 Å². The molecular weight excluding hydrogens is 154 g/mol. The SMILES string of the molecule is [2H]c1[nH]nc2c(C(N)=O)cccc12. The molecule has 0 radical (unpaired) electrons. The van der Waals surface area contributed by atoms with E-state index in [2.05, 4.69) is 10.2 Å². The average molecular weight is 162 g/mol. The maximum absolute atomic E-state index is 10.9. The van der Waals surface area contributed by atoms with Crippen molar-refractivity contribution in [2.45, 2.75) is 0 Å². The summed E-state index contributed by atoms with van der Waals surface area (Å²) < 4.78 is 7.41. The van der Waals surface area contributed by atoms with Gasteiger partial charge in [0.05, 0.1) is 6.93 Å². The van der Waals surface area contributed by atoms with Crippen molar-refractivity contribution in [2.24, 2.45) is 5.73 Å². The minimum atomic E-state index is -0.530. The van der Waals surface area contributed by atoms with Crippen LogP contribution in [0, 0.1) is 0 Å². The first-order valence-electron chi connectivity index (χ1n) is 3.93. The Kier molecular flexibility index (Phi) is 1.12. The van der Waals surface area contributed by atoms with Gasteiger partial charge >= 0.3 is 0 Å².